The summed E-state index contributed by atoms with van der Waals surface area (Å²) in [6, 6.07) is 23.3. The Morgan fingerprint density at radius 3 is 1.68 bits per heavy atom. The number of rotatable bonds is 19. The average molecular weight is 592 g/mol. The molecule has 0 saturated heterocycles. The molecule has 0 saturated carbocycles. The third-order valence-corrected chi connectivity index (χ3v) is 6.98. The summed E-state index contributed by atoms with van der Waals surface area (Å²) in [6.07, 6.45) is 9.00. The van der Waals surface area contributed by atoms with Gasteiger partial charge in [0.25, 0.3) is 0 Å². The second-order valence-corrected chi connectivity index (χ2v) is 9.73. The predicted molar refractivity (Wildman–Crippen MR) is 173 cm³/mol. The van der Waals surface area contributed by atoms with Crippen LogP contribution in [-0.4, -0.2) is 47.5 Å². The number of ether oxygens (including phenoxy) is 3. The first kappa shape index (κ1) is 35.6. The Hall–Kier alpha value is -2.44. The van der Waals surface area contributed by atoms with Crippen molar-refractivity contribution in [1.82, 2.24) is 10.6 Å². The summed E-state index contributed by atoms with van der Waals surface area (Å²) in [6.45, 7) is 4.19. The van der Waals surface area contributed by atoms with Crippen molar-refractivity contribution in [2.24, 2.45) is 0 Å². The molecule has 5 nitrogen and oxygen atoms in total. The first-order valence-corrected chi connectivity index (χ1v) is 14.1. The van der Waals surface area contributed by atoms with Gasteiger partial charge in [0, 0.05) is 0 Å². The van der Waals surface area contributed by atoms with Crippen molar-refractivity contribution in [3.63, 3.8) is 0 Å². The molecule has 0 radical (unpaired) electrons. The number of halogens is 2. The van der Waals surface area contributed by atoms with Crippen molar-refractivity contribution in [3.8, 4) is 17.2 Å². The summed E-state index contributed by atoms with van der Waals surface area (Å²) >= 11 is 0. The van der Waals surface area contributed by atoms with Crippen molar-refractivity contribution in [1.29, 1.82) is 0 Å². The van der Waals surface area contributed by atoms with E-state index in [-0.39, 0.29) is 24.8 Å². The minimum Gasteiger partial charge on any atom is -0.497 e. The van der Waals surface area contributed by atoms with Crippen molar-refractivity contribution in [2.75, 3.05) is 47.5 Å². The van der Waals surface area contributed by atoms with Crippen LogP contribution in [0.1, 0.15) is 47.9 Å². The average Bonchev–Trinajstić information content (AvgIpc) is 2.97. The molecule has 3 rings (SSSR count). The molecule has 0 aliphatic carbocycles. The molecule has 0 atom stereocenters. The molecule has 3 aromatic rings. The van der Waals surface area contributed by atoms with Gasteiger partial charge in [-0.2, -0.15) is 0 Å². The standard InChI is InChI=1S/C33H46N2O3.2ClH/c1-36-31-15-11-14-28(24-31)16-17-29-25-32(37-2)33(38-3)26-30(29)19-23-35-21-10-5-4-9-20-34-22-18-27-12-7-6-8-13-27;;/h6-8,11-15,24-26,34-35H,4-5,9-10,16-23H2,1-3H3;2*1H. The quantitative estimate of drug-likeness (QED) is 0.149. The SMILES string of the molecule is COc1cccc(CCc2cc(OC)c(OC)cc2CCNCCCCCCNCCc2ccccc2)c1.Cl.Cl. The lowest BCUT2D eigenvalue weighted by Gasteiger charge is -2.16. The van der Waals surface area contributed by atoms with E-state index < -0.39 is 0 Å². The highest BCUT2D eigenvalue weighted by atomic mass is 35.5. The van der Waals surface area contributed by atoms with Crippen LogP contribution < -0.4 is 24.8 Å². The van der Waals surface area contributed by atoms with Gasteiger partial charge in [0.15, 0.2) is 11.5 Å². The van der Waals surface area contributed by atoms with Crippen LogP contribution in [0.25, 0.3) is 0 Å². The van der Waals surface area contributed by atoms with E-state index in [9.17, 15) is 0 Å². The summed E-state index contributed by atoms with van der Waals surface area (Å²) < 4.78 is 16.6. The Labute approximate surface area is 254 Å². The summed E-state index contributed by atoms with van der Waals surface area (Å²) in [5, 5.41) is 7.21. The van der Waals surface area contributed by atoms with E-state index in [1.807, 2.05) is 6.07 Å². The van der Waals surface area contributed by atoms with E-state index in [0.29, 0.717) is 0 Å². The zero-order valence-corrected chi connectivity index (χ0v) is 26.0. The van der Waals surface area contributed by atoms with Gasteiger partial charge >= 0.3 is 0 Å². The maximum absolute atomic E-state index is 5.59. The maximum atomic E-state index is 5.59. The minimum atomic E-state index is 0. The Kier molecular flexibility index (Phi) is 19.0. The second-order valence-electron chi connectivity index (χ2n) is 9.73. The minimum absolute atomic E-state index is 0. The molecule has 0 aromatic heterocycles. The number of hydrogen-bond acceptors (Lipinski definition) is 5. The Morgan fingerprint density at radius 2 is 1.07 bits per heavy atom. The fourth-order valence-electron chi connectivity index (χ4n) is 4.74. The summed E-state index contributed by atoms with van der Waals surface area (Å²) in [4.78, 5) is 0. The summed E-state index contributed by atoms with van der Waals surface area (Å²) in [7, 11) is 5.12. The van der Waals surface area contributed by atoms with Gasteiger partial charge in [-0.15, -0.1) is 24.8 Å². The van der Waals surface area contributed by atoms with Crippen LogP contribution in [0.5, 0.6) is 17.2 Å². The molecule has 0 amide bonds. The highest BCUT2D eigenvalue weighted by Crippen LogP contribution is 2.31. The van der Waals surface area contributed by atoms with Crippen LogP contribution in [0.15, 0.2) is 66.7 Å². The van der Waals surface area contributed by atoms with Gasteiger partial charge in [0.1, 0.15) is 5.75 Å². The number of aryl methyl sites for hydroxylation is 2. The lowest BCUT2D eigenvalue weighted by Crippen LogP contribution is -2.20. The molecule has 0 unspecified atom stereocenters. The van der Waals surface area contributed by atoms with Gasteiger partial charge in [-0.1, -0.05) is 55.3 Å². The van der Waals surface area contributed by atoms with Crippen molar-refractivity contribution in [2.45, 2.75) is 51.4 Å². The topological polar surface area (TPSA) is 51.8 Å². The van der Waals surface area contributed by atoms with E-state index in [0.717, 1.165) is 69.1 Å². The third-order valence-electron chi connectivity index (χ3n) is 6.98. The first-order chi connectivity index (χ1) is 18.7. The highest BCUT2D eigenvalue weighted by Gasteiger charge is 2.12. The molecule has 3 aromatic carbocycles. The molecule has 40 heavy (non-hydrogen) atoms. The van der Waals surface area contributed by atoms with E-state index in [1.54, 1.807) is 21.3 Å². The second kappa shape index (κ2) is 21.3. The molecule has 7 heteroatoms. The fraction of sp³-hybridized carbons (Fsp3) is 0.455. The Bertz CT molecular complexity index is 1070. The zero-order chi connectivity index (χ0) is 26.8. The van der Waals surface area contributed by atoms with Gasteiger partial charge in [0.2, 0.25) is 0 Å². The van der Waals surface area contributed by atoms with E-state index >= 15 is 0 Å². The molecule has 2 N–H and O–H groups in total. The lowest BCUT2D eigenvalue weighted by molar-refractivity contribution is 0.354. The third kappa shape index (κ3) is 12.8. The van der Waals surface area contributed by atoms with E-state index in [2.05, 4.69) is 71.3 Å². The van der Waals surface area contributed by atoms with Gasteiger partial charge in [-0.3, -0.25) is 0 Å². The number of unbranched alkanes of at least 4 members (excludes halogenated alkanes) is 3. The number of benzene rings is 3. The van der Waals surface area contributed by atoms with Gasteiger partial charge in [-0.05, 0) is 111 Å². The van der Waals surface area contributed by atoms with Gasteiger partial charge in [-0.25, -0.2) is 0 Å². The van der Waals surface area contributed by atoms with Crippen LogP contribution in [0.3, 0.4) is 0 Å². The van der Waals surface area contributed by atoms with Crippen LogP contribution in [0.4, 0.5) is 0 Å². The molecule has 0 spiro atoms. The fourth-order valence-corrected chi connectivity index (χ4v) is 4.74. The van der Waals surface area contributed by atoms with Gasteiger partial charge < -0.3 is 24.8 Å². The van der Waals surface area contributed by atoms with Crippen molar-refractivity contribution < 1.29 is 14.2 Å². The Balaban J connectivity index is 0.00000400. The molecule has 0 aliphatic heterocycles. The van der Waals surface area contributed by atoms with Crippen LogP contribution in [0, 0.1) is 0 Å². The monoisotopic (exact) mass is 590 g/mol. The summed E-state index contributed by atoms with van der Waals surface area (Å²) in [5.41, 5.74) is 5.31. The number of nitrogens with one attached hydrogen (secondary N) is 2. The molecule has 0 aliphatic rings. The van der Waals surface area contributed by atoms with E-state index in [4.69, 9.17) is 14.2 Å². The van der Waals surface area contributed by atoms with E-state index in [1.165, 1.54) is 47.9 Å². The van der Waals surface area contributed by atoms with Crippen LogP contribution in [-0.2, 0) is 25.7 Å². The Morgan fingerprint density at radius 1 is 0.500 bits per heavy atom. The largest absolute Gasteiger partial charge is 0.497 e. The zero-order valence-electron chi connectivity index (χ0n) is 24.4. The lowest BCUT2D eigenvalue weighted by atomic mass is 9.97. The first-order valence-electron chi connectivity index (χ1n) is 14.1. The molecule has 0 bridgehead atoms. The molecular formula is C33H48Cl2N2O3. The van der Waals surface area contributed by atoms with Crippen LogP contribution >= 0.6 is 24.8 Å². The normalized spacial score (nSPS) is 10.4. The van der Waals surface area contributed by atoms with Crippen molar-refractivity contribution >= 4 is 24.8 Å². The molecular weight excluding hydrogens is 543 g/mol. The predicted octanol–water partition coefficient (Wildman–Crippen LogP) is 6.87. The number of hydrogen-bond donors (Lipinski definition) is 2. The van der Waals surface area contributed by atoms with Gasteiger partial charge in [0.05, 0.1) is 21.3 Å². The maximum Gasteiger partial charge on any atom is 0.161 e. The molecule has 0 heterocycles. The van der Waals surface area contributed by atoms with Crippen LogP contribution in [0.2, 0.25) is 0 Å². The van der Waals surface area contributed by atoms with Crippen molar-refractivity contribution in [3.05, 3.63) is 89.0 Å². The number of methoxy groups -OCH3 is 3. The molecule has 0 fully saturated rings. The highest BCUT2D eigenvalue weighted by molar-refractivity contribution is 5.85. The summed E-state index contributed by atoms with van der Waals surface area (Å²) in [5.74, 6) is 2.49. The molecule has 222 valence electrons. The smallest absolute Gasteiger partial charge is 0.161 e.